The van der Waals surface area contributed by atoms with Gasteiger partial charge in [-0.2, -0.15) is 0 Å². The molecule has 116 valence electrons. The number of hydrogen-bond acceptors (Lipinski definition) is 3. The van der Waals surface area contributed by atoms with E-state index in [-0.39, 0.29) is 30.8 Å². The van der Waals surface area contributed by atoms with Gasteiger partial charge in [-0.1, -0.05) is 44.2 Å². The van der Waals surface area contributed by atoms with E-state index in [1.54, 1.807) is 0 Å². The van der Waals surface area contributed by atoms with Crippen LogP contribution in [0.25, 0.3) is 0 Å². The molecule has 0 aliphatic carbocycles. The summed E-state index contributed by atoms with van der Waals surface area (Å²) in [6.07, 6.45) is 0.771. The lowest BCUT2D eigenvalue weighted by Gasteiger charge is -2.23. The number of carboxylic acid groups (broad SMARTS) is 1. The number of nitrogens with two attached hydrogens (primary N) is 1. The maximum atomic E-state index is 12.2. The van der Waals surface area contributed by atoms with E-state index in [0.717, 1.165) is 5.56 Å². The minimum Gasteiger partial charge on any atom is -0.480 e. The van der Waals surface area contributed by atoms with E-state index in [1.165, 1.54) is 4.90 Å². The van der Waals surface area contributed by atoms with Crippen LogP contribution in [-0.2, 0) is 9.59 Å². The first-order valence-electron chi connectivity index (χ1n) is 7.20. The summed E-state index contributed by atoms with van der Waals surface area (Å²) in [7, 11) is 0. The molecule has 0 fully saturated rings. The number of rotatable bonds is 8. The fraction of sp³-hybridized carbons (Fsp3) is 0.500. The summed E-state index contributed by atoms with van der Waals surface area (Å²) in [5.74, 6) is -0.912. The Kier molecular flexibility index (Phi) is 6.88. The second-order valence-corrected chi connectivity index (χ2v) is 5.62. The number of carbonyl (C=O) groups is 2. The molecule has 0 radical (unpaired) electrons. The zero-order chi connectivity index (χ0) is 15.8. The molecule has 0 aromatic heterocycles. The largest absolute Gasteiger partial charge is 0.480 e. The smallest absolute Gasteiger partial charge is 0.323 e. The topological polar surface area (TPSA) is 83.6 Å². The van der Waals surface area contributed by atoms with Gasteiger partial charge in [0.25, 0.3) is 0 Å². The highest BCUT2D eigenvalue weighted by Gasteiger charge is 2.18. The van der Waals surface area contributed by atoms with E-state index in [9.17, 15) is 9.59 Å². The Balaban J connectivity index is 2.54. The van der Waals surface area contributed by atoms with Gasteiger partial charge < -0.3 is 15.7 Å². The van der Waals surface area contributed by atoms with Crippen LogP contribution in [-0.4, -0.2) is 35.0 Å². The van der Waals surface area contributed by atoms with Crippen LogP contribution in [0.15, 0.2) is 30.3 Å². The van der Waals surface area contributed by atoms with Crippen LogP contribution in [0, 0.1) is 5.92 Å². The van der Waals surface area contributed by atoms with Crippen molar-refractivity contribution in [2.75, 3.05) is 13.1 Å². The van der Waals surface area contributed by atoms with E-state index in [0.29, 0.717) is 13.0 Å². The molecule has 0 saturated heterocycles. The molecule has 3 N–H and O–H groups in total. The highest BCUT2D eigenvalue weighted by Crippen LogP contribution is 2.16. The summed E-state index contributed by atoms with van der Waals surface area (Å²) in [5.41, 5.74) is 7.04. The minimum atomic E-state index is -0.989. The number of benzene rings is 1. The Morgan fingerprint density at radius 2 is 1.86 bits per heavy atom. The maximum absolute atomic E-state index is 12.2. The molecule has 0 bridgehead atoms. The molecule has 1 amide bonds. The number of carboxylic acids is 1. The number of nitrogens with zero attached hydrogens (tertiary/aromatic N) is 1. The summed E-state index contributed by atoms with van der Waals surface area (Å²) < 4.78 is 0. The number of aliphatic carboxylic acids is 1. The molecule has 5 nitrogen and oxygen atoms in total. The highest BCUT2D eigenvalue weighted by molar-refractivity contribution is 5.81. The van der Waals surface area contributed by atoms with Crippen molar-refractivity contribution in [2.24, 2.45) is 11.7 Å². The maximum Gasteiger partial charge on any atom is 0.323 e. The van der Waals surface area contributed by atoms with E-state index in [4.69, 9.17) is 10.8 Å². The van der Waals surface area contributed by atoms with Gasteiger partial charge >= 0.3 is 5.97 Å². The summed E-state index contributed by atoms with van der Waals surface area (Å²) in [6.45, 7) is 4.11. The Labute approximate surface area is 125 Å². The second-order valence-electron chi connectivity index (χ2n) is 5.62. The molecule has 0 spiro atoms. The molecule has 21 heavy (non-hydrogen) atoms. The molecule has 1 aromatic rings. The standard InChI is InChI=1S/C16H24N2O3/c1-12(2)10-18(11-16(20)21)15(19)9-8-14(17)13-6-4-3-5-7-13/h3-7,12,14H,8-11,17H2,1-2H3,(H,20,21). The van der Waals surface area contributed by atoms with Gasteiger partial charge in [0.05, 0.1) is 0 Å². The first kappa shape index (κ1) is 17.2. The van der Waals surface area contributed by atoms with Crippen molar-refractivity contribution in [3.8, 4) is 0 Å². The molecule has 0 aliphatic rings. The summed E-state index contributed by atoms with van der Waals surface area (Å²) in [4.78, 5) is 24.4. The minimum absolute atomic E-state index is 0.155. The van der Waals surface area contributed by atoms with Crippen molar-refractivity contribution in [3.05, 3.63) is 35.9 Å². The summed E-state index contributed by atoms with van der Waals surface area (Å²) >= 11 is 0. The van der Waals surface area contributed by atoms with Crippen molar-refractivity contribution in [3.63, 3.8) is 0 Å². The van der Waals surface area contributed by atoms with Crippen LogP contribution in [0.3, 0.4) is 0 Å². The fourth-order valence-electron chi connectivity index (χ4n) is 2.16. The van der Waals surface area contributed by atoms with Gasteiger partial charge in [-0.3, -0.25) is 9.59 Å². The molecule has 1 aromatic carbocycles. The third-order valence-electron chi connectivity index (χ3n) is 3.16. The number of hydrogen-bond donors (Lipinski definition) is 2. The number of carbonyl (C=O) groups excluding carboxylic acids is 1. The summed E-state index contributed by atoms with van der Waals surface area (Å²) in [5, 5.41) is 8.88. The van der Waals surface area contributed by atoms with E-state index >= 15 is 0 Å². The zero-order valence-electron chi connectivity index (χ0n) is 12.7. The van der Waals surface area contributed by atoms with Crippen LogP contribution < -0.4 is 5.73 Å². The van der Waals surface area contributed by atoms with Gasteiger partial charge in [0.1, 0.15) is 6.54 Å². The normalized spacial score (nSPS) is 12.2. The lowest BCUT2D eigenvalue weighted by atomic mass is 10.0. The summed E-state index contributed by atoms with van der Waals surface area (Å²) in [6, 6.07) is 9.38. The molecule has 1 unspecified atom stereocenters. The Hall–Kier alpha value is -1.88. The van der Waals surface area contributed by atoms with Gasteiger partial charge in [-0.05, 0) is 17.9 Å². The molecular weight excluding hydrogens is 268 g/mol. The Bertz CT molecular complexity index is 460. The van der Waals surface area contributed by atoms with Gasteiger partial charge in [0.2, 0.25) is 5.91 Å². The van der Waals surface area contributed by atoms with Crippen LogP contribution in [0.1, 0.15) is 38.3 Å². The monoisotopic (exact) mass is 292 g/mol. The Morgan fingerprint density at radius 3 is 2.38 bits per heavy atom. The van der Waals surface area contributed by atoms with Gasteiger partial charge in [-0.15, -0.1) is 0 Å². The lowest BCUT2D eigenvalue weighted by molar-refractivity contribution is -0.144. The molecule has 0 heterocycles. The van der Waals surface area contributed by atoms with Gasteiger partial charge in [0.15, 0.2) is 0 Å². The first-order valence-corrected chi connectivity index (χ1v) is 7.20. The van der Waals surface area contributed by atoms with Crippen LogP contribution >= 0.6 is 0 Å². The molecule has 1 atom stereocenters. The zero-order valence-corrected chi connectivity index (χ0v) is 12.7. The Morgan fingerprint density at radius 1 is 1.24 bits per heavy atom. The van der Waals surface area contributed by atoms with E-state index in [1.807, 2.05) is 44.2 Å². The number of amides is 1. The fourth-order valence-corrected chi connectivity index (χ4v) is 2.16. The van der Waals surface area contributed by atoms with Crippen LogP contribution in [0.5, 0.6) is 0 Å². The third kappa shape index (κ3) is 6.40. The average molecular weight is 292 g/mol. The molecular formula is C16H24N2O3. The van der Waals surface area contributed by atoms with Crippen molar-refractivity contribution < 1.29 is 14.7 Å². The van der Waals surface area contributed by atoms with E-state index in [2.05, 4.69) is 0 Å². The molecule has 5 heteroatoms. The van der Waals surface area contributed by atoms with Gasteiger partial charge in [0, 0.05) is 19.0 Å². The average Bonchev–Trinajstić information content (AvgIpc) is 2.43. The predicted molar refractivity (Wildman–Crippen MR) is 81.7 cm³/mol. The second kappa shape index (κ2) is 8.42. The van der Waals surface area contributed by atoms with Crippen molar-refractivity contribution in [2.45, 2.75) is 32.7 Å². The van der Waals surface area contributed by atoms with Crippen LogP contribution in [0.2, 0.25) is 0 Å². The third-order valence-corrected chi connectivity index (χ3v) is 3.16. The first-order chi connectivity index (χ1) is 9.90. The highest BCUT2D eigenvalue weighted by atomic mass is 16.4. The molecule has 0 saturated carbocycles. The lowest BCUT2D eigenvalue weighted by Crippen LogP contribution is -2.38. The SMILES string of the molecule is CC(C)CN(CC(=O)O)C(=O)CCC(N)c1ccccc1. The van der Waals surface area contributed by atoms with Crippen molar-refractivity contribution in [1.29, 1.82) is 0 Å². The quantitative estimate of drug-likeness (QED) is 0.768. The van der Waals surface area contributed by atoms with Crippen molar-refractivity contribution >= 4 is 11.9 Å². The molecule has 1 rings (SSSR count). The molecule has 0 aliphatic heterocycles. The van der Waals surface area contributed by atoms with Crippen molar-refractivity contribution in [1.82, 2.24) is 4.90 Å². The predicted octanol–water partition coefficient (Wildman–Crippen LogP) is 2.04. The van der Waals surface area contributed by atoms with Gasteiger partial charge in [-0.25, -0.2) is 0 Å². The van der Waals surface area contributed by atoms with Crippen LogP contribution in [0.4, 0.5) is 0 Å². The van der Waals surface area contributed by atoms with E-state index < -0.39 is 5.97 Å².